The third kappa shape index (κ3) is 4.93. The van der Waals surface area contributed by atoms with E-state index in [1.165, 1.54) is 0 Å². The zero-order chi connectivity index (χ0) is 22.5. The van der Waals surface area contributed by atoms with Crippen LogP contribution in [0.15, 0.2) is 0 Å². The molecule has 3 fully saturated rings. The molecular weight excluding hydrogens is 515 g/mol. The number of aliphatic hydroxyl groups is 1. The molecule has 5 nitrogen and oxygen atoms in total. The summed E-state index contributed by atoms with van der Waals surface area (Å²) in [5, 5.41) is 11.0. The molecule has 2 N–H and O–H groups in total. The monoisotopic (exact) mass is 555 g/mol. The molecule has 0 saturated heterocycles. The van der Waals surface area contributed by atoms with Crippen LogP contribution in [0.25, 0.3) is 0 Å². The Morgan fingerprint density at radius 2 is 1.67 bits per heavy atom. The van der Waals surface area contributed by atoms with E-state index in [0.717, 1.165) is 38.5 Å². The van der Waals surface area contributed by atoms with Crippen molar-refractivity contribution in [3.63, 3.8) is 0 Å². The molecular formula is C23H40IO5S-. The van der Waals surface area contributed by atoms with E-state index in [1.807, 2.05) is 0 Å². The predicted octanol–water partition coefficient (Wildman–Crippen LogP) is 1.14. The van der Waals surface area contributed by atoms with Gasteiger partial charge in [0, 0.05) is 0 Å². The van der Waals surface area contributed by atoms with Crippen LogP contribution >= 0.6 is 0 Å². The molecule has 3 saturated carbocycles. The number of carbonyl (C=O) groups is 1. The van der Waals surface area contributed by atoms with E-state index in [-0.39, 0.29) is 27.1 Å². The maximum atomic E-state index is 12.7. The standard InChI is InChI=1S/C23H40IO5S/c1-14-6-7-20(25)23(5)10-8-16-15(2)12-19(18(13-17(14)23)22(16,3)4)24-21(26)9-11-30(27,28)29/h14-20,25H,6-13H2,1-5H3,(H,27,28,29)/q-1/t14-,15-,16+,17-,18-,19?,20?,23+/m1/s1. The van der Waals surface area contributed by atoms with Gasteiger partial charge in [-0.3, -0.25) is 0 Å². The normalized spacial score (nSPS) is 44.0. The van der Waals surface area contributed by atoms with Crippen molar-refractivity contribution in [2.24, 2.45) is 40.4 Å². The van der Waals surface area contributed by atoms with E-state index in [9.17, 15) is 18.3 Å². The number of aliphatic hydroxyl groups excluding tert-OH is 1. The van der Waals surface area contributed by atoms with Crippen LogP contribution in [-0.2, 0) is 14.9 Å². The van der Waals surface area contributed by atoms with E-state index in [1.54, 1.807) is 0 Å². The van der Waals surface area contributed by atoms with Gasteiger partial charge in [-0.2, -0.15) is 0 Å². The Hall–Kier alpha value is 0.270. The Kier molecular flexibility index (Phi) is 7.39. The second-order valence-electron chi connectivity index (χ2n) is 11.2. The first-order valence-electron chi connectivity index (χ1n) is 11.5. The summed E-state index contributed by atoms with van der Waals surface area (Å²) in [5.74, 6) is 2.18. The number of hydrogen-bond donors (Lipinski definition) is 2. The summed E-state index contributed by atoms with van der Waals surface area (Å²) < 4.78 is 31.6. The molecule has 2 bridgehead atoms. The van der Waals surface area contributed by atoms with Crippen LogP contribution in [0.1, 0.15) is 79.6 Å². The van der Waals surface area contributed by atoms with Gasteiger partial charge >= 0.3 is 194 Å². The molecule has 2 unspecified atom stereocenters. The molecule has 0 amide bonds. The van der Waals surface area contributed by atoms with E-state index in [2.05, 4.69) is 34.6 Å². The van der Waals surface area contributed by atoms with E-state index in [0.29, 0.717) is 33.5 Å². The molecule has 0 aromatic carbocycles. The van der Waals surface area contributed by atoms with Crippen LogP contribution in [-0.4, -0.2) is 37.6 Å². The van der Waals surface area contributed by atoms with Crippen molar-refractivity contribution in [1.29, 1.82) is 0 Å². The van der Waals surface area contributed by atoms with Crippen molar-refractivity contribution in [3.8, 4) is 0 Å². The summed E-state index contributed by atoms with van der Waals surface area (Å²) in [4.78, 5) is 12.7. The number of halogens is 1. The molecule has 8 atom stereocenters. The number of carbonyl (C=O) groups excluding carboxylic acids is 1. The fourth-order valence-electron chi connectivity index (χ4n) is 7.25. The molecule has 3 aliphatic rings. The average Bonchev–Trinajstić information content (AvgIpc) is 2.60. The van der Waals surface area contributed by atoms with Gasteiger partial charge in [0.05, 0.1) is 0 Å². The number of hydrogen-bond acceptors (Lipinski definition) is 4. The van der Waals surface area contributed by atoms with Gasteiger partial charge in [0.15, 0.2) is 0 Å². The quantitative estimate of drug-likeness (QED) is 0.230. The molecule has 30 heavy (non-hydrogen) atoms. The Bertz CT molecular complexity index is 751. The summed E-state index contributed by atoms with van der Waals surface area (Å²) in [7, 11) is -4.09. The van der Waals surface area contributed by atoms with Crippen molar-refractivity contribution in [1.82, 2.24) is 0 Å². The van der Waals surface area contributed by atoms with Crippen LogP contribution < -0.4 is 21.2 Å². The number of rotatable bonds is 5. The maximum absolute atomic E-state index is 12.7. The Labute approximate surface area is 193 Å². The molecule has 0 heterocycles. The fourth-order valence-corrected chi connectivity index (χ4v) is 12.2. The van der Waals surface area contributed by atoms with Crippen molar-refractivity contribution in [3.05, 3.63) is 0 Å². The molecule has 3 aliphatic carbocycles. The first-order chi connectivity index (χ1) is 13.8. The molecule has 0 aromatic heterocycles. The first-order valence-corrected chi connectivity index (χ1v) is 15.5. The van der Waals surface area contributed by atoms with Crippen LogP contribution in [0.2, 0.25) is 0 Å². The topological polar surface area (TPSA) is 91.7 Å². The van der Waals surface area contributed by atoms with Crippen LogP contribution in [0.4, 0.5) is 0 Å². The Morgan fingerprint density at radius 3 is 2.30 bits per heavy atom. The van der Waals surface area contributed by atoms with Gasteiger partial charge in [-0.1, -0.05) is 0 Å². The molecule has 3 rings (SSSR count). The molecule has 7 heteroatoms. The second kappa shape index (κ2) is 8.90. The Morgan fingerprint density at radius 1 is 1.00 bits per heavy atom. The van der Waals surface area contributed by atoms with Crippen molar-refractivity contribution >= 4 is 13.9 Å². The predicted molar refractivity (Wildman–Crippen MR) is 114 cm³/mol. The van der Waals surface area contributed by atoms with Gasteiger partial charge in [-0.25, -0.2) is 0 Å². The van der Waals surface area contributed by atoms with Crippen LogP contribution in [0, 0.1) is 40.4 Å². The summed E-state index contributed by atoms with van der Waals surface area (Å²) in [5.41, 5.74) is 0.106. The van der Waals surface area contributed by atoms with Gasteiger partial charge < -0.3 is 0 Å². The van der Waals surface area contributed by atoms with Gasteiger partial charge in [-0.05, 0) is 0 Å². The van der Waals surface area contributed by atoms with Crippen LogP contribution in [0.3, 0.4) is 0 Å². The second-order valence-corrected chi connectivity index (χ2v) is 16.2. The summed E-state index contributed by atoms with van der Waals surface area (Å²) in [6.07, 6.45) is 6.04. The van der Waals surface area contributed by atoms with E-state index < -0.39 is 37.1 Å². The van der Waals surface area contributed by atoms with Gasteiger partial charge in [0.1, 0.15) is 0 Å². The van der Waals surface area contributed by atoms with Gasteiger partial charge in [-0.15, -0.1) is 0 Å². The average molecular weight is 556 g/mol. The number of alkyl halides is 1. The summed E-state index contributed by atoms with van der Waals surface area (Å²) in [6, 6.07) is 0. The first kappa shape index (κ1) is 24.9. The van der Waals surface area contributed by atoms with Crippen LogP contribution in [0.5, 0.6) is 0 Å². The minimum absolute atomic E-state index is 0.0421. The Balaban J connectivity index is 1.87. The summed E-state index contributed by atoms with van der Waals surface area (Å²) >= 11 is -0.799. The summed E-state index contributed by atoms with van der Waals surface area (Å²) in [6.45, 7) is 11.8. The minimum atomic E-state index is -4.09. The zero-order valence-corrected chi connectivity index (χ0v) is 22.1. The molecule has 176 valence electrons. The third-order valence-corrected chi connectivity index (χ3v) is 13.3. The van der Waals surface area contributed by atoms with Gasteiger partial charge in [0.25, 0.3) is 0 Å². The van der Waals surface area contributed by atoms with E-state index in [4.69, 9.17) is 4.55 Å². The van der Waals surface area contributed by atoms with Crippen molar-refractivity contribution in [2.45, 2.75) is 89.6 Å². The fraction of sp³-hybridized carbons (Fsp3) is 0.957. The van der Waals surface area contributed by atoms with Crippen molar-refractivity contribution < 1.29 is 44.1 Å². The van der Waals surface area contributed by atoms with Gasteiger partial charge in [0.2, 0.25) is 0 Å². The molecule has 0 aliphatic heterocycles. The molecule has 0 radical (unpaired) electrons. The molecule has 0 aromatic rings. The zero-order valence-electron chi connectivity index (χ0n) is 19.1. The third-order valence-electron chi connectivity index (χ3n) is 9.14. The van der Waals surface area contributed by atoms with E-state index >= 15 is 0 Å². The SMILES string of the molecule is C[C@@H]1CCC(O)[C@@]2(C)CC[C@H]3[C@H](C)CC([I-]C(=O)CCS(=O)(=O)O)[C@@H](C[C@H]12)C3(C)C. The molecule has 0 spiro atoms. The van der Waals surface area contributed by atoms with Crippen molar-refractivity contribution in [2.75, 3.05) is 5.75 Å². The number of fused-ring (bicyclic) bond motifs is 3.